The van der Waals surface area contributed by atoms with Crippen LogP contribution < -0.4 is 14.4 Å². The molecule has 0 spiro atoms. The third-order valence-corrected chi connectivity index (χ3v) is 7.78. The number of rotatable bonds is 3. The quantitative estimate of drug-likeness (QED) is 0.138. The Morgan fingerprint density at radius 3 is 2.24 bits per heavy atom. The van der Waals surface area contributed by atoms with Crippen LogP contribution in [-0.4, -0.2) is 97.7 Å². The number of H-pyrrole nitrogens is 1. The van der Waals surface area contributed by atoms with Crippen LogP contribution in [0.15, 0.2) is 36.7 Å². The second kappa shape index (κ2) is 11.7. The lowest BCUT2D eigenvalue weighted by atomic mass is 9.96. The molecule has 0 saturated carbocycles. The zero-order chi connectivity index (χ0) is 30.5. The summed E-state index contributed by atoms with van der Waals surface area (Å²) in [5, 5.41) is 73.1. The van der Waals surface area contributed by atoms with E-state index in [4.69, 9.17) is 24.1 Å². The highest BCUT2D eigenvalue weighted by molar-refractivity contribution is 6.16. The number of pyridine rings is 1. The number of fused-ring (bicyclic) bond motifs is 4. The molecule has 2 fully saturated rings. The molecule has 4 aromatic rings. The number of aromatic amines is 1. The molecule has 2 saturated heterocycles. The molecule has 6 rings (SSSR count). The number of ether oxygens (including phenoxy) is 3. The Morgan fingerprint density at radius 2 is 1.55 bits per heavy atom. The third-order valence-electron chi connectivity index (χ3n) is 7.78. The van der Waals surface area contributed by atoms with Crippen molar-refractivity contribution in [3.8, 4) is 5.75 Å². The fourth-order valence-corrected chi connectivity index (χ4v) is 5.55. The van der Waals surface area contributed by atoms with Gasteiger partial charge in [-0.2, -0.15) is 4.57 Å². The number of nitrogens with one attached hydrogen (secondary N) is 1. The Labute approximate surface area is 239 Å². The van der Waals surface area contributed by atoms with Crippen molar-refractivity contribution in [2.75, 3.05) is 13.2 Å². The van der Waals surface area contributed by atoms with E-state index in [1.807, 2.05) is 38.2 Å². The number of carboxylic acids is 1. The van der Waals surface area contributed by atoms with Crippen LogP contribution in [0.3, 0.4) is 0 Å². The van der Waals surface area contributed by atoms with Gasteiger partial charge in [0.25, 0.3) is 6.23 Å². The topological polar surface area (TPSA) is 209 Å². The van der Waals surface area contributed by atoms with Gasteiger partial charge in [0.15, 0.2) is 18.5 Å². The molecular formula is C29H34N2O11. The Hall–Kier alpha value is -3.40. The minimum Gasteiger partial charge on any atom is -0.550 e. The summed E-state index contributed by atoms with van der Waals surface area (Å²) in [6, 6.07) is 7.38. The van der Waals surface area contributed by atoms with Gasteiger partial charge in [-0.25, -0.2) is 0 Å². The highest BCUT2D eigenvalue weighted by atomic mass is 16.7. The number of aliphatic hydroxyl groups excluding tert-OH is 6. The Morgan fingerprint density at radius 1 is 0.905 bits per heavy atom. The SMILES string of the molecule is CC(=O)[O-].Cc1c2cc[n+](C3OC[C@H](O)[C@H](O)[C@H]3O)cc2c(C)c2c1[nH]c1ccc(OC3OC[C@H](O)[C@H](O)[C@H]3O)cc12. The molecule has 7 N–H and O–H groups in total. The van der Waals surface area contributed by atoms with Gasteiger partial charge in [0.05, 0.1) is 18.7 Å². The van der Waals surface area contributed by atoms with E-state index in [0.717, 1.165) is 50.6 Å². The average molecular weight is 587 g/mol. The summed E-state index contributed by atoms with van der Waals surface area (Å²) in [6.07, 6.45) is -6.05. The van der Waals surface area contributed by atoms with Gasteiger partial charge in [-0.15, -0.1) is 0 Å². The average Bonchev–Trinajstić information content (AvgIpc) is 3.34. The maximum Gasteiger partial charge on any atom is 0.291 e. The molecule has 42 heavy (non-hydrogen) atoms. The van der Waals surface area contributed by atoms with Crippen LogP contribution in [0.4, 0.5) is 0 Å². The lowest BCUT2D eigenvalue weighted by Crippen LogP contribution is -2.58. The van der Waals surface area contributed by atoms with Crippen molar-refractivity contribution in [3.05, 3.63) is 47.8 Å². The monoisotopic (exact) mass is 586 g/mol. The lowest BCUT2D eigenvalue weighted by Gasteiger charge is -2.34. The number of aliphatic hydroxyl groups is 6. The maximum absolute atomic E-state index is 10.5. The van der Waals surface area contributed by atoms with Gasteiger partial charge in [0.2, 0.25) is 6.29 Å². The maximum atomic E-state index is 10.5. The van der Waals surface area contributed by atoms with E-state index in [1.165, 1.54) is 0 Å². The number of hydrogen-bond donors (Lipinski definition) is 7. The van der Waals surface area contributed by atoms with Crippen LogP contribution >= 0.6 is 0 Å². The van der Waals surface area contributed by atoms with E-state index in [0.29, 0.717) is 5.75 Å². The molecule has 13 heteroatoms. The first-order valence-electron chi connectivity index (χ1n) is 13.4. The number of aromatic nitrogens is 2. The van der Waals surface area contributed by atoms with Gasteiger partial charge in [-0.1, -0.05) is 0 Å². The predicted molar refractivity (Wildman–Crippen MR) is 145 cm³/mol. The zero-order valence-corrected chi connectivity index (χ0v) is 23.2. The molecule has 2 aromatic heterocycles. The van der Waals surface area contributed by atoms with Gasteiger partial charge in [0.1, 0.15) is 36.3 Å². The van der Waals surface area contributed by atoms with E-state index in [1.54, 1.807) is 16.8 Å². The first kappa shape index (κ1) is 30.1. The highest BCUT2D eigenvalue weighted by Crippen LogP contribution is 2.38. The summed E-state index contributed by atoms with van der Waals surface area (Å²) < 4.78 is 18.6. The van der Waals surface area contributed by atoms with Crippen LogP contribution in [0.2, 0.25) is 0 Å². The number of carboxylic acid groups (broad SMARTS) is 1. The minimum absolute atomic E-state index is 0.0917. The molecule has 0 amide bonds. The zero-order valence-electron chi connectivity index (χ0n) is 23.2. The summed E-state index contributed by atoms with van der Waals surface area (Å²) in [6.45, 7) is 4.74. The van der Waals surface area contributed by atoms with Gasteiger partial charge >= 0.3 is 0 Å². The van der Waals surface area contributed by atoms with Crippen molar-refractivity contribution in [1.82, 2.24) is 4.98 Å². The van der Waals surface area contributed by atoms with Crippen LogP contribution in [0.5, 0.6) is 5.75 Å². The molecule has 8 atom stereocenters. The molecule has 13 nitrogen and oxygen atoms in total. The van der Waals surface area contributed by atoms with Gasteiger partial charge in [-0.05, 0) is 55.5 Å². The summed E-state index contributed by atoms with van der Waals surface area (Å²) in [4.78, 5) is 12.4. The second-order valence-corrected chi connectivity index (χ2v) is 10.7. The van der Waals surface area contributed by atoms with Gasteiger partial charge < -0.3 is 59.7 Å². The fraction of sp³-hybridized carbons (Fsp3) is 0.448. The number of nitrogens with zero attached hydrogens (tertiary/aromatic N) is 1. The van der Waals surface area contributed by atoms with Crippen molar-refractivity contribution in [2.24, 2.45) is 0 Å². The summed E-state index contributed by atoms with van der Waals surface area (Å²) in [7, 11) is 0. The van der Waals surface area contributed by atoms with Crippen LogP contribution in [0.1, 0.15) is 24.3 Å². The Balaban J connectivity index is 0.000000830. The Bertz CT molecular complexity index is 1620. The van der Waals surface area contributed by atoms with Crippen molar-refractivity contribution < 1.29 is 59.3 Å². The second-order valence-electron chi connectivity index (χ2n) is 10.7. The number of hydrogen-bond acceptors (Lipinski definition) is 11. The molecule has 226 valence electrons. The molecular weight excluding hydrogens is 552 g/mol. The van der Waals surface area contributed by atoms with E-state index in [2.05, 4.69) is 4.98 Å². The normalized spacial score (nSPS) is 29.8. The van der Waals surface area contributed by atoms with Gasteiger partial charge in [0, 0.05) is 33.7 Å². The van der Waals surface area contributed by atoms with Crippen LogP contribution in [0, 0.1) is 13.8 Å². The van der Waals surface area contributed by atoms with Crippen molar-refractivity contribution in [1.29, 1.82) is 0 Å². The summed E-state index contributed by atoms with van der Waals surface area (Å²) in [5.74, 6) is -0.655. The third kappa shape index (κ3) is 5.41. The smallest absolute Gasteiger partial charge is 0.291 e. The first-order chi connectivity index (χ1) is 19.9. The lowest BCUT2D eigenvalue weighted by molar-refractivity contribution is -0.774. The summed E-state index contributed by atoms with van der Waals surface area (Å²) in [5.41, 5.74) is 3.83. The molecule has 0 radical (unpaired) electrons. The summed E-state index contributed by atoms with van der Waals surface area (Å²) >= 11 is 0. The number of carbonyl (C=O) groups excluding carboxylic acids is 1. The fourth-order valence-electron chi connectivity index (χ4n) is 5.55. The number of benzene rings is 2. The van der Waals surface area contributed by atoms with Crippen LogP contribution in [-0.2, 0) is 14.3 Å². The van der Waals surface area contributed by atoms with Crippen molar-refractivity contribution in [3.63, 3.8) is 0 Å². The molecule has 2 unspecified atom stereocenters. The van der Waals surface area contributed by atoms with Crippen molar-refractivity contribution >= 4 is 38.5 Å². The van der Waals surface area contributed by atoms with E-state index in [-0.39, 0.29) is 13.2 Å². The molecule has 2 aromatic carbocycles. The first-order valence-corrected chi connectivity index (χ1v) is 13.4. The molecule has 2 aliphatic heterocycles. The van der Waals surface area contributed by atoms with Gasteiger partial charge in [-0.3, -0.25) is 0 Å². The minimum atomic E-state index is -1.40. The van der Waals surface area contributed by atoms with Crippen molar-refractivity contribution in [2.45, 2.75) is 69.9 Å². The van der Waals surface area contributed by atoms with E-state index in [9.17, 15) is 30.6 Å². The van der Waals surface area contributed by atoms with E-state index < -0.39 is 55.1 Å². The molecule has 0 aliphatic carbocycles. The molecule has 0 bridgehead atoms. The van der Waals surface area contributed by atoms with E-state index >= 15 is 0 Å². The molecule has 4 heterocycles. The number of aryl methyl sites for hydroxylation is 2. The van der Waals surface area contributed by atoms with Crippen LogP contribution in [0.25, 0.3) is 32.6 Å². The number of aliphatic carboxylic acids is 1. The largest absolute Gasteiger partial charge is 0.550 e. The number of carbonyl (C=O) groups is 1. The highest BCUT2D eigenvalue weighted by Gasteiger charge is 2.43. The molecule has 2 aliphatic rings. The predicted octanol–water partition coefficient (Wildman–Crippen LogP) is -1.44. The Kier molecular flexibility index (Phi) is 8.38. The standard InChI is InChI=1S/C27H30N2O9.C2H4O2/c1-11-16-8-29(26-24(34)22(32)18(30)9-36-26)6-5-14(16)12(2)21-20(11)15-7-13(3-4-17(15)28-21)38-27-25(35)23(33)19(31)10-37-27;1-2(3)4/h3-8,18-19,22-27,30-35H,9-10H2,1-2H3;1H3,(H,3,4)/t18-,19-,22-,23-,24+,25+,26?,27?;/m0./s1.